The van der Waals surface area contributed by atoms with Gasteiger partial charge in [-0.15, -0.1) is 0 Å². The van der Waals surface area contributed by atoms with E-state index >= 15 is 0 Å². The quantitative estimate of drug-likeness (QED) is 0.781. The minimum absolute atomic E-state index is 0.241. The fraction of sp³-hybridized carbons (Fsp3) is 0.467. The molecule has 0 heterocycles. The molecule has 0 aliphatic heterocycles. The van der Waals surface area contributed by atoms with Gasteiger partial charge in [0, 0.05) is 0 Å². The van der Waals surface area contributed by atoms with Crippen LogP contribution in [0.2, 0.25) is 0 Å². The van der Waals surface area contributed by atoms with Crippen molar-refractivity contribution in [1.82, 2.24) is 0 Å². The Kier molecular flexibility index (Phi) is 4.35. The minimum Gasteiger partial charge on any atom is -0.508 e. The molecule has 17 heavy (non-hydrogen) atoms. The molecular weight excluding hydrogens is 212 g/mol. The molecule has 0 saturated heterocycles. The Balaban J connectivity index is 2.81. The van der Waals surface area contributed by atoms with E-state index in [0.717, 1.165) is 17.5 Å². The van der Waals surface area contributed by atoms with Crippen LogP contribution in [-0.4, -0.2) is 10.2 Å². The van der Waals surface area contributed by atoms with Crippen LogP contribution in [0.5, 0.6) is 5.75 Å². The molecule has 0 aromatic heterocycles. The second-order valence-electron chi connectivity index (χ2n) is 5.10. The number of phenols is 1. The molecule has 2 N–H and O–H groups in total. The van der Waals surface area contributed by atoms with E-state index in [4.69, 9.17) is 0 Å². The predicted molar refractivity (Wildman–Crippen MR) is 71.1 cm³/mol. The summed E-state index contributed by atoms with van der Waals surface area (Å²) in [7, 11) is 0. The van der Waals surface area contributed by atoms with Crippen molar-refractivity contribution in [2.75, 3.05) is 0 Å². The lowest BCUT2D eigenvalue weighted by Crippen LogP contribution is -2.20. The van der Waals surface area contributed by atoms with Crippen molar-refractivity contribution in [3.05, 3.63) is 41.0 Å². The van der Waals surface area contributed by atoms with E-state index < -0.39 is 5.60 Å². The molecule has 1 unspecified atom stereocenters. The summed E-state index contributed by atoms with van der Waals surface area (Å²) in [6.45, 7) is 7.73. The van der Waals surface area contributed by atoms with Gasteiger partial charge in [0.2, 0.25) is 0 Å². The normalized spacial score (nSPS) is 14.2. The van der Waals surface area contributed by atoms with Gasteiger partial charge < -0.3 is 10.2 Å². The van der Waals surface area contributed by atoms with Gasteiger partial charge in [-0.2, -0.15) is 0 Å². The van der Waals surface area contributed by atoms with Gasteiger partial charge in [0.05, 0.1) is 5.60 Å². The van der Waals surface area contributed by atoms with Gasteiger partial charge in [0.1, 0.15) is 5.75 Å². The van der Waals surface area contributed by atoms with Crippen molar-refractivity contribution in [3.63, 3.8) is 0 Å². The lowest BCUT2D eigenvalue weighted by Gasteiger charge is -2.23. The monoisotopic (exact) mass is 234 g/mol. The molecule has 0 bridgehead atoms. The van der Waals surface area contributed by atoms with E-state index in [1.165, 1.54) is 5.57 Å². The molecule has 0 aliphatic rings. The predicted octanol–water partition coefficient (Wildman–Crippen LogP) is 3.65. The van der Waals surface area contributed by atoms with Gasteiger partial charge in [-0.05, 0) is 57.7 Å². The molecule has 94 valence electrons. The molecule has 0 spiro atoms. The van der Waals surface area contributed by atoms with Gasteiger partial charge in [0.25, 0.3) is 0 Å². The average Bonchev–Trinajstić information content (AvgIpc) is 2.21. The first-order valence-electron chi connectivity index (χ1n) is 5.99. The van der Waals surface area contributed by atoms with Crippen LogP contribution in [-0.2, 0) is 5.60 Å². The van der Waals surface area contributed by atoms with E-state index in [9.17, 15) is 10.2 Å². The van der Waals surface area contributed by atoms with Gasteiger partial charge in [0.15, 0.2) is 0 Å². The van der Waals surface area contributed by atoms with Crippen LogP contribution in [0.3, 0.4) is 0 Å². The van der Waals surface area contributed by atoms with Crippen molar-refractivity contribution < 1.29 is 10.2 Å². The fourth-order valence-corrected chi connectivity index (χ4v) is 1.73. The highest BCUT2D eigenvalue weighted by atomic mass is 16.3. The number of benzene rings is 1. The molecule has 2 heteroatoms. The third kappa shape index (κ3) is 3.90. The Labute approximate surface area is 104 Å². The molecule has 0 saturated carbocycles. The summed E-state index contributed by atoms with van der Waals surface area (Å²) < 4.78 is 0. The lowest BCUT2D eigenvalue weighted by atomic mass is 9.90. The van der Waals surface area contributed by atoms with Crippen LogP contribution in [0.15, 0.2) is 29.8 Å². The summed E-state index contributed by atoms with van der Waals surface area (Å²) in [5.74, 6) is 0.241. The van der Waals surface area contributed by atoms with Crippen LogP contribution in [0.25, 0.3) is 0 Å². The van der Waals surface area contributed by atoms with E-state index in [1.807, 2.05) is 32.9 Å². The van der Waals surface area contributed by atoms with Gasteiger partial charge in [-0.1, -0.05) is 23.8 Å². The number of aliphatic hydroxyl groups is 1. The SMILES string of the molecule is CC(C)=CCCC(C)(O)c1ccc(C)c(O)c1. The zero-order chi connectivity index (χ0) is 13.1. The maximum Gasteiger partial charge on any atom is 0.118 e. The summed E-state index contributed by atoms with van der Waals surface area (Å²) in [4.78, 5) is 0. The van der Waals surface area contributed by atoms with Crippen LogP contribution in [0.4, 0.5) is 0 Å². The number of phenolic OH excluding ortho intramolecular Hbond substituents is 1. The number of hydrogen-bond donors (Lipinski definition) is 2. The summed E-state index contributed by atoms with van der Waals surface area (Å²) >= 11 is 0. The molecule has 0 fully saturated rings. The number of aromatic hydroxyl groups is 1. The third-order valence-corrected chi connectivity index (χ3v) is 3.01. The van der Waals surface area contributed by atoms with Gasteiger partial charge in [-0.3, -0.25) is 0 Å². The molecule has 0 amide bonds. The summed E-state index contributed by atoms with van der Waals surface area (Å²) in [6, 6.07) is 5.36. The largest absolute Gasteiger partial charge is 0.508 e. The van der Waals surface area contributed by atoms with Crippen molar-refractivity contribution in [2.24, 2.45) is 0 Å². The molecular formula is C15H22O2. The molecule has 0 aliphatic carbocycles. The van der Waals surface area contributed by atoms with Crippen LogP contribution < -0.4 is 0 Å². The molecule has 1 aromatic rings. The second-order valence-corrected chi connectivity index (χ2v) is 5.10. The van der Waals surface area contributed by atoms with E-state index in [1.54, 1.807) is 13.0 Å². The highest BCUT2D eigenvalue weighted by Gasteiger charge is 2.22. The molecule has 1 rings (SSSR count). The Bertz CT molecular complexity index is 413. The summed E-state index contributed by atoms with van der Waals surface area (Å²) in [5.41, 5.74) is 1.96. The van der Waals surface area contributed by atoms with E-state index in [0.29, 0.717) is 6.42 Å². The standard InChI is InChI=1S/C15H22O2/c1-11(2)6-5-9-15(4,17)13-8-7-12(3)14(16)10-13/h6-8,10,16-17H,5,9H2,1-4H3. The zero-order valence-electron chi connectivity index (χ0n) is 11.1. The number of hydrogen-bond acceptors (Lipinski definition) is 2. The summed E-state index contributed by atoms with van der Waals surface area (Å²) in [6.07, 6.45) is 3.60. The van der Waals surface area contributed by atoms with Crippen LogP contribution in [0.1, 0.15) is 44.7 Å². The van der Waals surface area contributed by atoms with Crippen molar-refractivity contribution >= 4 is 0 Å². The van der Waals surface area contributed by atoms with E-state index in [-0.39, 0.29) is 5.75 Å². The molecule has 0 radical (unpaired) electrons. The van der Waals surface area contributed by atoms with Gasteiger partial charge in [-0.25, -0.2) is 0 Å². The summed E-state index contributed by atoms with van der Waals surface area (Å²) in [5, 5.41) is 20.0. The highest BCUT2D eigenvalue weighted by Crippen LogP contribution is 2.30. The Hall–Kier alpha value is -1.28. The molecule has 1 aromatic carbocycles. The zero-order valence-corrected chi connectivity index (χ0v) is 11.1. The second kappa shape index (κ2) is 5.37. The lowest BCUT2D eigenvalue weighted by molar-refractivity contribution is 0.0485. The minimum atomic E-state index is -0.892. The third-order valence-electron chi connectivity index (χ3n) is 3.01. The fourth-order valence-electron chi connectivity index (χ4n) is 1.73. The van der Waals surface area contributed by atoms with E-state index in [2.05, 4.69) is 6.08 Å². The van der Waals surface area contributed by atoms with Crippen LogP contribution >= 0.6 is 0 Å². The number of rotatable bonds is 4. The number of aryl methyl sites for hydroxylation is 1. The Morgan fingerprint density at radius 3 is 2.53 bits per heavy atom. The Morgan fingerprint density at radius 2 is 2.00 bits per heavy atom. The van der Waals surface area contributed by atoms with Crippen molar-refractivity contribution in [1.29, 1.82) is 0 Å². The average molecular weight is 234 g/mol. The smallest absolute Gasteiger partial charge is 0.118 e. The highest BCUT2D eigenvalue weighted by molar-refractivity contribution is 5.37. The molecule has 2 nitrogen and oxygen atoms in total. The Morgan fingerprint density at radius 1 is 1.35 bits per heavy atom. The first-order chi connectivity index (χ1) is 7.83. The van der Waals surface area contributed by atoms with Crippen LogP contribution in [0, 0.1) is 6.92 Å². The first-order valence-corrected chi connectivity index (χ1v) is 5.99. The van der Waals surface area contributed by atoms with Crippen molar-refractivity contribution in [3.8, 4) is 5.75 Å². The maximum absolute atomic E-state index is 10.4. The van der Waals surface area contributed by atoms with Gasteiger partial charge >= 0.3 is 0 Å². The number of allylic oxidation sites excluding steroid dienone is 2. The maximum atomic E-state index is 10.4. The molecule has 1 atom stereocenters. The first kappa shape index (κ1) is 13.8. The van der Waals surface area contributed by atoms with Crippen molar-refractivity contribution in [2.45, 2.75) is 46.1 Å². The topological polar surface area (TPSA) is 40.5 Å².